The lowest BCUT2D eigenvalue weighted by Crippen LogP contribution is -2.58. The number of esters is 1. The SMILES string of the molecule is COC(=O)CC1C(=O)NCCN1CC(=O)N(c1ccccc1)C(C)C. The Morgan fingerprint density at radius 1 is 1.32 bits per heavy atom. The van der Waals surface area contributed by atoms with Crippen molar-refractivity contribution in [2.45, 2.75) is 32.4 Å². The number of rotatable bonds is 6. The summed E-state index contributed by atoms with van der Waals surface area (Å²) in [7, 11) is 1.29. The van der Waals surface area contributed by atoms with E-state index in [0.29, 0.717) is 13.1 Å². The maximum atomic E-state index is 12.9. The first-order chi connectivity index (χ1) is 11.9. The Morgan fingerprint density at radius 3 is 2.60 bits per heavy atom. The van der Waals surface area contributed by atoms with Gasteiger partial charge < -0.3 is 15.0 Å². The number of nitrogens with one attached hydrogen (secondary N) is 1. The first kappa shape index (κ1) is 18.9. The lowest BCUT2D eigenvalue weighted by atomic mass is 10.1. The summed E-state index contributed by atoms with van der Waals surface area (Å²) in [5.74, 6) is -0.825. The third-order valence-corrected chi connectivity index (χ3v) is 4.19. The molecule has 7 nitrogen and oxygen atoms in total. The highest BCUT2D eigenvalue weighted by Crippen LogP contribution is 2.18. The minimum atomic E-state index is -0.685. The highest BCUT2D eigenvalue weighted by atomic mass is 16.5. The van der Waals surface area contributed by atoms with Crippen LogP contribution in [0.15, 0.2) is 30.3 Å². The minimum Gasteiger partial charge on any atom is -0.469 e. The van der Waals surface area contributed by atoms with Gasteiger partial charge in [0.15, 0.2) is 0 Å². The molecule has 1 aromatic carbocycles. The van der Waals surface area contributed by atoms with E-state index in [9.17, 15) is 14.4 Å². The van der Waals surface area contributed by atoms with Gasteiger partial charge in [0.1, 0.15) is 6.04 Å². The molecule has 25 heavy (non-hydrogen) atoms. The van der Waals surface area contributed by atoms with Crippen molar-refractivity contribution in [1.29, 1.82) is 0 Å². The number of amides is 2. The van der Waals surface area contributed by atoms with Crippen LogP contribution >= 0.6 is 0 Å². The summed E-state index contributed by atoms with van der Waals surface area (Å²) in [4.78, 5) is 40.1. The molecule has 1 atom stereocenters. The van der Waals surface area contributed by atoms with E-state index in [-0.39, 0.29) is 30.8 Å². The van der Waals surface area contributed by atoms with Gasteiger partial charge in [-0.2, -0.15) is 0 Å². The summed E-state index contributed by atoms with van der Waals surface area (Å²) >= 11 is 0. The number of benzene rings is 1. The van der Waals surface area contributed by atoms with Gasteiger partial charge in [-0.1, -0.05) is 18.2 Å². The molecule has 1 aliphatic heterocycles. The van der Waals surface area contributed by atoms with Crippen molar-refractivity contribution in [2.24, 2.45) is 0 Å². The Bertz CT molecular complexity index is 618. The number of nitrogens with zero attached hydrogens (tertiary/aromatic N) is 2. The van der Waals surface area contributed by atoms with Crippen LogP contribution in [-0.4, -0.2) is 61.5 Å². The first-order valence-corrected chi connectivity index (χ1v) is 8.39. The summed E-state index contributed by atoms with van der Waals surface area (Å²) in [5.41, 5.74) is 0.813. The van der Waals surface area contributed by atoms with Gasteiger partial charge in [0.05, 0.1) is 20.1 Å². The smallest absolute Gasteiger partial charge is 0.307 e. The second-order valence-electron chi connectivity index (χ2n) is 6.25. The lowest BCUT2D eigenvalue weighted by Gasteiger charge is -2.36. The molecule has 1 aliphatic rings. The fourth-order valence-corrected chi connectivity index (χ4v) is 2.98. The Hall–Kier alpha value is -2.41. The van der Waals surface area contributed by atoms with Crippen LogP contribution in [-0.2, 0) is 19.1 Å². The zero-order valence-corrected chi connectivity index (χ0v) is 14.9. The summed E-state index contributed by atoms with van der Waals surface area (Å²) in [6, 6.07) is 8.72. The van der Waals surface area contributed by atoms with Crippen molar-refractivity contribution in [3.63, 3.8) is 0 Å². The van der Waals surface area contributed by atoms with Crippen molar-refractivity contribution >= 4 is 23.5 Å². The number of ether oxygens (including phenoxy) is 1. The van der Waals surface area contributed by atoms with E-state index in [4.69, 9.17) is 0 Å². The van der Waals surface area contributed by atoms with E-state index in [1.807, 2.05) is 44.2 Å². The molecule has 1 unspecified atom stereocenters. The van der Waals surface area contributed by atoms with Gasteiger partial charge in [0.25, 0.3) is 0 Å². The van der Waals surface area contributed by atoms with Gasteiger partial charge in [0, 0.05) is 24.8 Å². The van der Waals surface area contributed by atoms with Crippen molar-refractivity contribution < 1.29 is 19.1 Å². The largest absolute Gasteiger partial charge is 0.469 e. The predicted octanol–water partition coefficient (Wildman–Crippen LogP) is 0.792. The molecule has 1 heterocycles. The molecule has 0 spiro atoms. The zero-order valence-electron chi connectivity index (χ0n) is 14.9. The Balaban J connectivity index is 2.15. The average Bonchev–Trinajstić information content (AvgIpc) is 2.58. The van der Waals surface area contributed by atoms with E-state index in [1.54, 1.807) is 9.80 Å². The second-order valence-corrected chi connectivity index (χ2v) is 6.25. The Labute approximate surface area is 147 Å². The monoisotopic (exact) mass is 347 g/mol. The molecule has 7 heteroatoms. The van der Waals surface area contributed by atoms with E-state index in [1.165, 1.54) is 7.11 Å². The molecule has 2 rings (SSSR count). The summed E-state index contributed by atoms with van der Waals surface area (Å²) < 4.78 is 4.67. The van der Waals surface area contributed by atoms with Crippen LogP contribution in [0.25, 0.3) is 0 Å². The molecule has 1 saturated heterocycles. The van der Waals surface area contributed by atoms with Crippen LogP contribution in [0.2, 0.25) is 0 Å². The van der Waals surface area contributed by atoms with Gasteiger partial charge in [-0.3, -0.25) is 19.3 Å². The van der Waals surface area contributed by atoms with Crippen LogP contribution in [0.5, 0.6) is 0 Å². The summed E-state index contributed by atoms with van der Waals surface area (Å²) in [6.07, 6.45) is -0.0668. The lowest BCUT2D eigenvalue weighted by molar-refractivity contribution is -0.146. The molecule has 0 aliphatic carbocycles. The van der Waals surface area contributed by atoms with E-state index < -0.39 is 12.0 Å². The molecule has 0 saturated carbocycles. The summed E-state index contributed by atoms with van der Waals surface area (Å²) in [5, 5.41) is 2.74. The van der Waals surface area contributed by atoms with Crippen LogP contribution in [0.4, 0.5) is 5.69 Å². The number of carbonyl (C=O) groups excluding carboxylic acids is 3. The Morgan fingerprint density at radius 2 is 2.00 bits per heavy atom. The topological polar surface area (TPSA) is 79.0 Å². The molecule has 0 aromatic heterocycles. The average molecular weight is 347 g/mol. The summed E-state index contributed by atoms with van der Waals surface area (Å²) in [6.45, 7) is 4.93. The van der Waals surface area contributed by atoms with Gasteiger partial charge in [0.2, 0.25) is 11.8 Å². The molecule has 1 aromatic rings. The second kappa shape index (κ2) is 8.62. The molecule has 0 radical (unpaired) electrons. The van der Waals surface area contributed by atoms with Crippen molar-refractivity contribution in [3.05, 3.63) is 30.3 Å². The van der Waals surface area contributed by atoms with Crippen molar-refractivity contribution in [1.82, 2.24) is 10.2 Å². The molecule has 0 bridgehead atoms. The van der Waals surface area contributed by atoms with Gasteiger partial charge in [-0.15, -0.1) is 0 Å². The fourth-order valence-electron chi connectivity index (χ4n) is 2.98. The highest BCUT2D eigenvalue weighted by molar-refractivity contribution is 5.96. The molecule has 136 valence electrons. The maximum Gasteiger partial charge on any atom is 0.307 e. The number of methoxy groups -OCH3 is 1. The molecular weight excluding hydrogens is 322 g/mol. The van der Waals surface area contributed by atoms with Gasteiger partial charge in [-0.25, -0.2) is 0 Å². The van der Waals surface area contributed by atoms with E-state index >= 15 is 0 Å². The third kappa shape index (κ3) is 4.79. The molecule has 1 fully saturated rings. The van der Waals surface area contributed by atoms with Crippen LogP contribution in [0, 0.1) is 0 Å². The number of anilines is 1. The minimum absolute atomic E-state index is 0.0208. The number of piperazine rings is 1. The molecule has 2 amide bonds. The van der Waals surface area contributed by atoms with Gasteiger partial charge >= 0.3 is 5.97 Å². The molecular formula is C18H25N3O4. The number of hydrogen-bond acceptors (Lipinski definition) is 5. The van der Waals surface area contributed by atoms with Crippen LogP contribution in [0.3, 0.4) is 0 Å². The van der Waals surface area contributed by atoms with Crippen molar-refractivity contribution in [3.8, 4) is 0 Å². The highest BCUT2D eigenvalue weighted by Gasteiger charge is 2.34. The number of hydrogen-bond donors (Lipinski definition) is 1. The van der Waals surface area contributed by atoms with Crippen molar-refractivity contribution in [2.75, 3.05) is 31.6 Å². The zero-order chi connectivity index (χ0) is 18.4. The van der Waals surface area contributed by atoms with Crippen LogP contribution < -0.4 is 10.2 Å². The first-order valence-electron chi connectivity index (χ1n) is 8.39. The fraction of sp³-hybridized carbons (Fsp3) is 0.500. The number of para-hydroxylation sites is 1. The third-order valence-electron chi connectivity index (χ3n) is 4.19. The van der Waals surface area contributed by atoms with E-state index in [0.717, 1.165) is 5.69 Å². The van der Waals surface area contributed by atoms with Crippen LogP contribution in [0.1, 0.15) is 20.3 Å². The standard InChI is InChI=1S/C18H25N3O4/c1-13(2)21(14-7-5-4-6-8-14)16(22)12-20-10-9-19-18(24)15(20)11-17(23)25-3/h4-8,13,15H,9-12H2,1-3H3,(H,19,24). The number of carbonyl (C=O) groups is 3. The van der Waals surface area contributed by atoms with E-state index in [2.05, 4.69) is 10.1 Å². The quantitative estimate of drug-likeness (QED) is 0.770. The maximum absolute atomic E-state index is 12.9. The molecule has 1 N–H and O–H groups in total. The normalized spacial score (nSPS) is 17.9. The van der Waals surface area contributed by atoms with Gasteiger partial charge in [-0.05, 0) is 26.0 Å². The predicted molar refractivity (Wildman–Crippen MR) is 94.1 cm³/mol. The Kier molecular flexibility index (Phi) is 6.52.